The molecule has 5 heteroatoms. The summed E-state index contributed by atoms with van der Waals surface area (Å²) in [5.74, 6) is 1.18. The van der Waals surface area contributed by atoms with Crippen molar-refractivity contribution in [2.45, 2.75) is 44.6 Å². The summed E-state index contributed by atoms with van der Waals surface area (Å²) in [4.78, 5) is 29.4. The fourth-order valence-corrected chi connectivity index (χ4v) is 4.60. The van der Waals surface area contributed by atoms with Crippen molar-refractivity contribution in [3.05, 3.63) is 29.3 Å². The quantitative estimate of drug-likeness (QED) is 0.830. The average molecular weight is 342 g/mol. The number of nitrogens with zero attached hydrogens (tertiary/aromatic N) is 2. The number of amides is 2. The maximum atomic E-state index is 12.9. The van der Waals surface area contributed by atoms with Gasteiger partial charge in [0.25, 0.3) is 0 Å². The highest BCUT2D eigenvalue weighted by Gasteiger charge is 2.40. The molecule has 2 fully saturated rings. The van der Waals surface area contributed by atoms with Crippen molar-refractivity contribution in [3.63, 3.8) is 0 Å². The fourth-order valence-electron chi connectivity index (χ4n) is 4.60. The first-order valence-electron chi connectivity index (χ1n) is 9.42. The van der Waals surface area contributed by atoms with Gasteiger partial charge in [-0.1, -0.05) is 25.3 Å². The van der Waals surface area contributed by atoms with Crippen LogP contribution in [0.5, 0.6) is 5.75 Å². The van der Waals surface area contributed by atoms with E-state index in [1.807, 2.05) is 21.9 Å². The van der Waals surface area contributed by atoms with Gasteiger partial charge in [-0.05, 0) is 42.5 Å². The second-order valence-electron chi connectivity index (χ2n) is 7.47. The molecule has 1 aromatic rings. The molecule has 0 N–H and O–H groups in total. The van der Waals surface area contributed by atoms with Crippen LogP contribution in [0.25, 0.3) is 0 Å². The molecule has 134 valence electrons. The molecule has 2 heterocycles. The van der Waals surface area contributed by atoms with Gasteiger partial charge in [-0.25, -0.2) is 0 Å². The Labute approximate surface area is 148 Å². The van der Waals surface area contributed by atoms with E-state index in [9.17, 15) is 9.59 Å². The molecule has 0 radical (unpaired) electrons. The molecule has 25 heavy (non-hydrogen) atoms. The highest BCUT2D eigenvalue weighted by Crippen LogP contribution is 2.36. The maximum Gasteiger partial charge on any atom is 0.242 e. The lowest BCUT2D eigenvalue weighted by Gasteiger charge is -2.45. The molecule has 1 aromatic carbocycles. The first kappa shape index (κ1) is 16.4. The zero-order chi connectivity index (χ0) is 17.4. The van der Waals surface area contributed by atoms with Gasteiger partial charge in [-0.15, -0.1) is 0 Å². The van der Waals surface area contributed by atoms with Crippen molar-refractivity contribution in [1.82, 2.24) is 9.80 Å². The van der Waals surface area contributed by atoms with Gasteiger partial charge in [0.05, 0.1) is 19.7 Å². The lowest BCUT2D eigenvalue weighted by Crippen LogP contribution is -2.56. The highest BCUT2D eigenvalue weighted by molar-refractivity contribution is 5.87. The summed E-state index contributed by atoms with van der Waals surface area (Å²) in [7, 11) is 1.66. The summed E-state index contributed by atoms with van der Waals surface area (Å²) in [6.07, 6.45) is 6.32. The van der Waals surface area contributed by atoms with Gasteiger partial charge in [-0.3, -0.25) is 9.59 Å². The molecule has 1 aliphatic carbocycles. The topological polar surface area (TPSA) is 49.9 Å². The van der Waals surface area contributed by atoms with Crippen LogP contribution in [0.3, 0.4) is 0 Å². The van der Waals surface area contributed by atoms with Gasteiger partial charge in [-0.2, -0.15) is 0 Å². The van der Waals surface area contributed by atoms with Crippen molar-refractivity contribution in [2.75, 3.05) is 26.7 Å². The Morgan fingerprint density at radius 3 is 2.76 bits per heavy atom. The Morgan fingerprint density at radius 2 is 2.00 bits per heavy atom. The first-order chi connectivity index (χ1) is 12.2. The summed E-state index contributed by atoms with van der Waals surface area (Å²) in [5, 5.41) is 0. The predicted octanol–water partition coefficient (Wildman–Crippen LogP) is 2.54. The number of piperazine rings is 1. The van der Waals surface area contributed by atoms with Crippen molar-refractivity contribution in [2.24, 2.45) is 5.92 Å². The third-order valence-corrected chi connectivity index (χ3v) is 6.02. The van der Waals surface area contributed by atoms with Gasteiger partial charge in [0.1, 0.15) is 5.75 Å². The Kier molecular flexibility index (Phi) is 4.40. The van der Waals surface area contributed by atoms with E-state index in [-0.39, 0.29) is 30.3 Å². The van der Waals surface area contributed by atoms with E-state index < -0.39 is 0 Å². The SMILES string of the molecule is COc1ccc2c(c1)C1CN(C(=O)C3CCCCC3)CC(=O)N1CC2. The zero-order valence-corrected chi connectivity index (χ0v) is 14.9. The minimum atomic E-state index is -0.0346. The highest BCUT2D eigenvalue weighted by atomic mass is 16.5. The molecule has 4 rings (SSSR count). The van der Waals surface area contributed by atoms with Gasteiger partial charge < -0.3 is 14.5 Å². The Bertz CT molecular complexity index is 682. The largest absolute Gasteiger partial charge is 0.497 e. The molecule has 0 spiro atoms. The number of carbonyl (C=O) groups is 2. The Hall–Kier alpha value is -2.04. The van der Waals surface area contributed by atoms with Crippen LogP contribution in [0, 0.1) is 5.92 Å². The normalized spacial score (nSPS) is 23.9. The van der Waals surface area contributed by atoms with Crippen LogP contribution in [-0.4, -0.2) is 48.4 Å². The second kappa shape index (κ2) is 6.70. The Morgan fingerprint density at radius 1 is 1.20 bits per heavy atom. The van der Waals surface area contributed by atoms with Crippen LogP contribution in [0.4, 0.5) is 0 Å². The maximum absolute atomic E-state index is 12.9. The molecule has 0 bridgehead atoms. The van der Waals surface area contributed by atoms with Crippen molar-refractivity contribution < 1.29 is 14.3 Å². The van der Waals surface area contributed by atoms with E-state index in [1.165, 1.54) is 12.0 Å². The molecule has 2 amide bonds. The van der Waals surface area contributed by atoms with Crippen LogP contribution in [0.15, 0.2) is 18.2 Å². The van der Waals surface area contributed by atoms with E-state index in [1.54, 1.807) is 7.11 Å². The number of ether oxygens (including phenoxy) is 1. The molecule has 1 saturated heterocycles. The number of hydrogen-bond donors (Lipinski definition) is 0. The molecular weight excluding hydrogens is 316 g/mol. The van der Waals surface area contributed by atoms with Crippen LogP contribution < -0.4 is 4.74 Å². The van der Waals surface area contributed by atoms with E-state index in [4.69, 9.17) is 4.74 Å². The molecule has 1 atom stereocenters. The standard InChI is InChI=1S/C20H26N2O3/c1-25-16-8-7-14-9-10-22-18(17(14)11-16)12-21(13-19(22)23)20(24)15-5-3-2-4-6-15/h7-8,11,15,18H,2-6,9-10,12-13H2,1H3. The van der Waals surface area contributed by atoms with E-state index >= 15 is 0 Å². The van der Waals surface area contributed by atoms with Crippen molar-refractivity contribution in [1.29, 1.82) is 0 Å². The van der Waals surface area contributed by atoms with Gasteiger partial charge >= 0.3 is 0 Å². The average Bonchev–Trinajstić information content (AvgIpc) is 2.67. The van der Waals surface area contributed by atoms with E-state index in [2.05, 4.69) is 6.07 Å². The van der Waals surface area contributed by atoms with Crippen LogP contribution >= 0.6 is 0 Å². The molecule has 2 aliphatic heterocycles. The summed E-state index contributed by atoms with van der Waals surface area (Å²) in [6, 6.07) is 6.07. The summed E-state index contributed by atoms with van der Waals surface area (Å²) in [6.45, 7) is 1.60. The zero-order valence-electron chi connectivity index (χ0n) is 14.9. The second-order valence-corrected chi connectivity index (χ2v) is 7.47. The monoisotopic (exact) mass is 342 g/mol. The molecule has 3 aliphatic rings. The molecule has 1 unspecified atom stereocenters. The number of carbonyl (C=O) groups excluding carboxylic acids is 2. The molecule has 1 saturated carbocycles. The van der Waals surface area contributed by atoms with Gasteiger partial charge in [0.2, 0.25) is 11.8 Å². The van der Waals surface area contributed by atoms with Crippen molar-refractivity contribution >= 4 is 11.8 Å². The summed E-state index contributed by atoms with van der Waals surface area (Å²) >= 11 is 0. The lowest BCUT2D eigenvalue weighted by molar-refractivity contribution is -0.152. The minimum absolute atomic E-state index is 0.0346. The molecule has 5 nitrogen and oxygen atoms in total. The predicted molar refractivity (Wildman–Crippen MR) is 94.3 cm³/mol. The number of hydrogen-bond acceptors (Lipinski definition) is 3. The molecule has 0 aromatic heterocycles. The van der Waals surface area contributed by atoms with Crippen LogP contribution in [0.1, 0.15) is 49.3 Å². The van der Waals surface area contributed by atoms with Crippen LogP contribution in [-0.2, 0) is 16.0 Å². The van der Waals surface area contributed by atoms with Gasteiger partial charge in [0, 0.05) is 19.0 Å². The van der Waals surface area contributed by atoms with Crippen LogP contribution in [0.2, 0.25) is 0 Å². The van der Waals surface area contributed by atoms with E-state index in [0.717, 1.165) is 50.0 Å². The third kappa shape index (κ3) is 3.00. The van der Waals surface area contributed by atoms with E-state index in [0.29, 0.717) is 6.54 Å². The molecular formula is C20H26N2O3. The number of benzene rings is 1. The Balaban J connectivity index is 1.59. The minimum Gasteiger partial charge on any atom is -0.497 e. The summed E-state index contributed by atoms with van der Waals surface area (Å²) in [5.41, 5.74) is 2.40. The first-order valence-corrected chi connectivity index (χ1v) is 9.42. The van der Waals surface area contributed by atoms with Gasteiger partial charge in [0.15, 0.2) is 0 Å². The number of fused-ring (bicyclic) bond motifs is 3. The fraction of sp³-hybridized carbons (Fsp3) is 0.600. The number of rotatable bonds is 2. The summed E-state index contributed by atoms with van der Waals surface area (Å²) < 4.78 is 5.37. The number of methoxy groups -OCH3 is 1. The smallest absolute Gasteiger partial charge is 0.242 e. The van der Waals surface area contributed by atoms with Crippen molar-refractivity contribution in [3.8, 4) is 5.75 Å². The third-order valence-electron chi connectivity index (χ3n) is 6.02. The lowest BCUT2D eigenvalue weighted by atomic mass is 9.86.